The summed E-state index contributed by atoms with van der Waals surface area (Å²) in [7, 11) is -2.32. The minimum atomic E-state index is -3.58. The van der Waals surface area contributed by atoms with Gasteiger partial charge in [0.1, 0.15) is 9.88 Å². The van der Waals surface area contributed by atoms with Crippen LogP contribution < -0.4 is 9.44 Å². The summed E-state index contributed by atoms with van der Waals surface area (Å²) in [6.45, 7) is 1.61. The highest BCUT2D eigenvalue weighted by Gasteiger charge is 2.15. The number of aryl methyl sites for hydroxylation is 1. The molecule has 1 aromatic heterocycles. The number of thiophene rings is 1. The number of anilines is 1. The van der Waals surface area contributed by atoms with Crippen LogP contribution in [0.4, 0.5) is 5.00 Å². The van der Waals surface area contributed by atoms with E-state index in [0.29, 0.717) is 5.56 Å². The molecule has 0 aliphatic rings. The Bertz CT molecular complexity index is 477. The van der Waals surface area contributed by atoms with Crippen molar-refractivity contribution in [2.45, 2.75) is 6.92 Å². The normalized spacial score (nSPS) is 11.3. The Kier molecular flexibility index (Phi) is 3.32. The predicted octanol–water partition coefficient (Wildman–Crippen LogP) is 0.631. The Labute approximate surface area is 91.1 Å². The van der Waals surface area contributed by atoms with Crippen molar-refractivity contribution in [1.29, 1.82) is 0 Å². The molecule has 3 N–H and O–H groups in total. The fraction of sp³-hybridized carbons (Fsp3) is 0.286. The maximum atomic E-state index is 11.1. The second-order valence-corrected chi connectivity index (χ2v) is 5.41. The zero-order valence-corrected chi connectivity index (χ0v) is 9.70. The van der Waals surface area contributed by atoms with Crippen LogP contribution in [0, 0.1) is 6.92 Å². The number of carboxylic acids is 1. The van der Waals surface area contributed by atoms with E-state index < -0.39 is 16.2 Å². The van der Waals surface area contributed by atoms with Crippen LogP contribution >= 0.6 is 11.3 Å². The van der Waals surface area contributed by atoms with E-state index in [9.17, 15) is 13.2 Å². The molecule has 0 saturated carbocycles. The van der Waals surface area contributed by atoms with Gasteiger partial charge in [0, 0.05) is 7.05 Å². The van der Waals surface area contributed by atoms with Gasteiger partial charge in [0.15, 0.2) is 0 Å². The van der Waals surface area contributed by atoms with Crippen molar-refractivity contribution in [1.82, 2.24) is 4.72 Å². The number of aromatic carboxylic acids is 1. The van der Waals surface area contributed by atoms with Crippen LogP contribution in [0.2, 0.25) is 0 Å². The topological polar surface area (TPSA) is 95.5 Å². The average molecular weight is 250 g/mol. The first-order chi connectivity index (χ1) is 6.85. The molecule has 1 heterocycles. The van der Waals surface area contributed by atoms with Crippen molar-refractivity contribution in [2.24, 2.45) is 0 Å². The van der Waals surface area contributed by atoms with Gasteiger partial charge in [-0.15, -0.1) is 11.3 Å². The van der Waals surface area contributed by atoms with E-state index >= 15 is 0 Å². The van der Waals surface area contributed by atoms with Crippen LogP contribution in [0.15, 0.2) is 6.07 Å². The molecule has 0 unspecified atom stereocenters. The summed E-state index contributed by atoms with van der Waals surface area (Å²) in [5, 5.41) is 9.03. The lowest BCUT2D eigenvalue weighted by Crippen LogP contribution is -2.25. The lowest BCUT2D eigenvalue weighted by molar-refractivity contribution is 0.0701. The number of hydrogen-bond acceptors (Lipinski definition) is 4. The van der Waals surface area contributed by atoms with Gasteiger partial charge < -0.3 is 5.11 Å². The van der Waals surface area contributed by atoms with E-state index in [1.165, 1.54) is 13.1 Å². The van der Waals surface area contributed by atoms with Crippen LogP contribution in [0.3, 0.4) is 0 Å². The summed E-state index contributed by atoms with van der Waals surface area (Å²) >= 11 is 0.880. The number of rotatable bonds is 4. The molecule has 0 atom stereocenters. The van der Waals surface area contributed by atoms with Crippen molar-refractivity contribution in [3.05, 3.63) is 16.5 Å². The molecule has 8 heteroatoms. The molecule has 1 aromatic rings. The summed E-state index contributed by atoms with van der Waals surface area (Å²) in [6, 6.07) is 1.48. The second kappa shape index (κ2) is 4.17. The molecule has 15 heavy (non-hydrogen) atoms. The van der Waals surface area contributed by atoms with E-state index in [0.717, 1.165) is 11.3 Å². The quantitative estimate of drug-likeness (QED) is 0.730. The molecule has 0 aliphatic carbocycles. The SMILES string of the molecule is CNS(=O)(=O)Nc1cc(C)c(C(=O)O)s1. The van der Waals surface area contributed by atoms with Gasteiger partial charge >= 0.3 is 5.97 Å². The van der Waals surface area contributed by atoms with Crippen LogP contribution in [0.1, 0.15) is 15.2 Å². The molecule has 6 nitrogen and oxygen atoms in total. The second-order valence-electron chi connectivity index (χ2n) is 2.74. The van der Waals surface area contributed by atoms with E-state index in [1.54, 1.807) is 6.92 Å². The summed E-state index contributed by atoms with van der Waals surface area (Å²) in [6.07, 6.45) is 0. The van der Waals surface area contributed by atoms with Crippen molar-refractivity contribution in [3.8, 4) is 0 Å². The maximum absolute atomic E-state index is 11.1. The molecule has 84 valence electrons. The van der Waals surface area contributed by atoms with E-state index in [1.807, 2.05) is 0 Å². The van der Waals surface area contributed by atoms with Crippen molar-refractivity contribution in [2.75, 3.05) is 11.8 Å². The van der Waals surface area contributed by atoms with Crippen LogP contribution in [-0.4, -0.2) is 26.5 Å². The molecular formula is C7H10N2O4S2. The molecule has 0 aromatic carbocycles. The molecular weight excluding hydrogens is 240 g/mol. The maximum Gasteiger partial charge on any atom is 0.346 e. The Morgan fingerprint density at radius 1 is 1.53 bits per heavy atom. The predicted molar refractivity (Wildman–Crippen MR) is 57.6 cm³/mol. The Hall–Kier alpha value is -1.12. The molecule has 0 aliphatic heterocycles. The lowest BCUT2D eigenvalue weighted by Gasteiger charge is -2.01. The summed E-state index contributed by atoms with van der Waals surface area (Å²) < 4.78 is 26.5. The zero-order valence-electron chi connectivity index (χ0n) is 8.07. The van der Waals surface area contributed by atoms with Crippen LogP contribution in [0.5, 0.6) is 0 Å². The molecule has 0 bridgehead atoms. The van der Waals surface area contributed by atoms with Crippen LogP contribution in [-0.2, 0) is 10.2 Å². The Balaban J connectivity index is 2.99. The van der Waals surface area contributed by atoms with E-state index in [4.69, 9.17) is 5.11 Å². The third-order valence-corrected chi connectivity index (χ3v) is 3.91. The van der Waals surface area contributed by atoms with Gasteiger partial charge in [-0.1, -0.05) is 0 Å². The molecule has 0 fully saturated rings. The minimum Gasteiger partial charge on any atom is -0.477 e. The first-order valence-corrected chi connectivity index (χ1v) is 6.20. The Morgan fingerprint density at radius 3 is 2.53 bits per heavy atom. The first kappa shape index (κ1) is 12.0. The highest BCUT2D eigenvalue weighted by molar-refractivity contribution is 7.91. The zero-order chi connectivity index (χ0) is 11.6. The van der Waals surface area contributed by atoms with Crippen LogP contribution in [0.25, 0.3) is 0 Å². The first-order valence-electron chi connectivity index (χ1n) is 3.90. The highest BCUT2D eigenvalue weighted by atomic mass is 32.2. The van der Waals surface area contributed by atoms with E-state index in [-0.39, 0.29) is 9.88 Å². The Morgan fingerprint density at radius 2 is 2.13 bits per heavy atom. The van der Waals surface area contributed by atoms with Crippen molar-refractivity contribution in [3.63, 3.8) is 0 Å². The number of carbonyl (C=O) groups is 1. The summed E-state index contributed by atoms with van der Waals surface area (Å²) in [5.41, 5.74) is 0.529. The number of hydrogen-bond donors (Lipinski definition) is 3. The smallest absolute Gasteiger partial charge is 0.346 e. The van der Waals surface area contributed by atoms with Crippen molar-refractivity contribution >= 4 is 32.5 Å². The highest BCUT2D eigenvalue weighted by Crippen LogP contribution is 2.26. The molecule has 0 spiro atoms. The largest absolute Gasteiger partial charge is 0.477 e. The molecule has 0 radical (unpaired) electrons. The third kappa shape index (κ3) is 2.91. The van der Waals surface area contributed by atoms with Gasteiger partial charge in [0.25, 0.3) is 10.2 Å². The van der Waals surface area contributed by atoms with Gasteiger partial charge in [0.2, 0.25) is 0 Å². The van der Waals surface area contributed by atoms with E-state index in [2.05, 4.69) is 9.44 Å². The average Bonchev–Trinajstić information content (AvgIpc) is 2.46. The van der Waals surface area contributed by atoms with Gasteiger partial charge in [0.05, 0.1) is 0 Å². The number of nitrogens with one attached hydrogen (secondary N) is 2. The van der Waals surface area contributed by atoms with Gasteiger partial charge in [-0.05, 0) is 18.6 Å². The van der Waals surface area contributed by atoms with Gasteiger partial charge in [-0.2, -0.15) is 8.42 Å². The minimum absolute atomic E-state index is 0.129. The van der Waals surface area contributed by atoms with Gasteiger partial charge in [-0.3, -0.25) is 4.72 Å². The third-order valence-electron chi connectivity index (χ3n) is 1.62. The fourth-order valence-corrected chi connectivity index (χ4v) is 2.61. The fourth-order valence-electron chi connectivity index (χ4n) is 0.928. The monoisotopic (exact) mass is 250 g/mol. The molecule has 0 amide bonds. The summed E-state index contributed by atoms with van der Waals surface area (Å²) in [5.74, 6) is -1.06. The molecule has 1 rings (SSSR count). The molecule has 0 saturated heterocycles. The standard InChI is InChI=1S/C7H10N2O4S2/c1-4-3-5(9-15(12,13)8-2)14-6(4)7(10)11/h3,8-9H,1-2H3,(H,10,11). The summed E-state index contributed by atoms with van der Waals surface area (Å²) in [4.78, 5) is 10.8. The number of carboxylic acid groups (broad SMARTS) is 1. The van der Waals surface area contributed by atoms with Crippen molar-refractivity contribution < 1.29 is 18.3 Å². The lowest BCUT2D eigenvalue weighted by atomic mass is 10.3. The van der Waals surface area contributed by atoms with Gasteiger partial charge in [-0.25, -0.2) is 9.52 Å².